The number of nitrogens with one attached hydrogen (secondary N) is 1. The van der Waals surface area contributed by atoms with E-state index in [1.54, 1.807) is 13.8 Å². The predicted octanol–water partition coefficient (Wildman–Crippen LogP) is -0.213. The Kier molecular flexibility index (Phi) is 6.64. The molecule has 142 valence electrons. The van der Waals surface area contributed by atoms with Crippen LogP contribution in [0.3, 0.4) is 0 Å². The molecule has 0 aromatic heterocycles. The van der Waals surface area contributed by atoms with Gasteiger partial charge >= 0.3 is 0 Å². The molecular formula is C17H31N5O3. The van der Waals surface area contributed by atoms with Crippen LogP contribution in [-0.4, -0.2) is 79.6 Å². The number of carbonyl (C=O) groups is 2. The molecule has 8 heteroatoms. The molecule has 2 aliphatic heterocycles. The van der Waals surface area contributed by atoms with Crippen molar-refractivity contribution in [1.82, 2.24) is 15.1 Å². The van der Waals surface area contributed by atoms with Gasteiger partial charge in [0, 0.05) is 39.3 Å². The molecule has 0 aromatic rings. The standard InChI is InChI=1S/C17H31N5O3/c1-4-19-16(20-12-17(2,3)15(18)24)22-9-7-21(8-10-22)14(23)13-6-5-11-25-13/h13H,4-12H2,1-3H3,(H2,18,24)(H,19,20). The zero-order valence-electron chi connectivity index (χ0n) is 15.6. The monoisotopic (exact) mass is 353 g/mol. The number of ether oxygens (including phenoxy) is 1. The predicted molar refractivity (Wildman–Crippen MR) is 96.1 cm³/mol. The molecule has 2 amide bonds. The fraction of sp³-hybridized carbons (Fsp3) is 0.824. The third-order valence-corrected chi connectivity index (χ3v) is 4.72. The van der Waals surface area contributed by atoms with Crippen LogP contribution >= 0.6 is 0 Å². The molecule has 3 N–H and O–H groups in total. The van der Waals surface area contributed by atoms with Crippen molar-refractivity contribution in [2.24, 2.45) is 16.1 Å². The summed E-state index contributed by atoms with van der Waals surface area (Å²) in [6.07, 6.45) is 1.53. The van der Waals surface area contributed by atoms with Crippen molar-refractivity contribution >= 4 is 17.8 Å². The summed E-state index contributed by atoms with van der Waals surface area (Å²) < 4.78 is 5.49. The van der Waals surface area contributed by atoms with Gasteiger partial charge in [-0.3, -0.25) is 14.6 Å². The minimum atomic E-state index is -0.682. The van der Waals surface area contributed by atoms with Crippen LogP contribution in [0, 0.1) is 5.41 Å². The molecule has 0 radical (unpaired) electrons. The lowest BCUT2D eigenvalue weighted by molar-refractivity contribution is -0.142. The molecule has 2 heterocycles. The first-order valence-electron chi connectivity index (χ1n) is 9.08. The molecule has 1 atom stereocenters. The Labute approximate surface area is 149 Å². The zero-order chi connectivity index (χ0) is 18.4. The Morgan fingerprint density at radius 1 is 1.24 bits per heavy atom. The number of aliphatic imine (C=N–C) groups is 1. The maximum Gasteiger partial charge on any atom is 0.251 e. The summed E-state index contributed by atoms with van der Waals surface area (Å²) in [6, 6.07) is 0. The Balaban J connectivity index is 1.93. The first-order chi connectivity index (χ1) is 11.8. The summed E-state index contributed by atoms with van der Waals surface area (Å²) >= 11 is 0. The van der Waals surface area contributed by atoms with E-state index in [0.29, 0.717) is 39.3 Å². The minimum absolute atomic E-state index is 0.106. The van der Waals surface area contributed by atoms with Gasteiger partial charge in [-0.2, -0.15) is 0 Å². The molecule has 0 aliphatic carbocycles. The van der Waals surface area contributed by atoms with Crippen LogP contribution in [-0.2, 0) is 14.3 Å². The maximum atomic E-state index is 12.4. The third kappa shape index (κ3) is 5.07. The molecule has 1 unspecified atom stereocenters. The van der Waals surface area contributed by atoms with Crippen LogP contribution in [0.5, 0.6) is 0 Å². The summed E-state index contributed by atoms with van der Waals surface area (Å²) in [4.78, 5) is 32.5. The van der Waals surface area contributed by atoms with Crippen molar-refractivity contribution in [3.8, 4) is 0 Å². The van der Waals surface area contributed by atoms with Gasteiger partial charge in [-0.15, -0.1) is 0 Å². The Bertz CT molecular complexity index is 506. The van der Waals surface area contributed by atoms with E-state index in [1.807, 2.05) is 11.8 Å². The Morgan fingerprint density at radius 2 is 1.88 bits per heavy atom. The van der Waals surface area contributed by atoms with Crippen LogP contribution in [0.1, 0.15) is 33.6 Å². The lowest BCUT2D eigenvalue weighted by Gasteiger charge is -2.37. The van der Waals surface area contributed by atoms with Crippen LogP contribution in [0.15, 0.2) is 4.99 Å². The van der Waals surface area contributed by atoms with Crippen molar-refractivity contribution < 1.29 is 14.3 Å². The molecule has 2 rings (SSSR count). The topological polar surface area (TPSA) is 100 Å². The number of nitrogens with zero attached hydrogens (tertiary/aromatic N) is 3. The highest BCUT2D eigenvalue weighted by Crippen LogP contribution is 2.17. The summed E-state index contributed by atoms with van der Waals surface area (Å²) in [5, 5.41) is 3.26. The number of hydrogen-bond donors (Lipinski definition) is 2. The fourth-order valence-electron chi connectivity index (χ4n) is 2.89. The highest BCUT2D eigenvalue weighted by molar-refractivity contribution is 5.84. The molecule has 0 bridgehead atoms. The summed E-state index contributed by atoms with van der Waals surface area (Å²) in [6.45, 7) is 10.1. The molecule has 0 aromatic carbocycles. The number of primary amides is 1. The van der Waals surface area contributed by atoms with Gasteiger partial charge in [-0.25, -0.2) is 0 Å². The first-order valence-corrected chi connectivity index (χ1v) is 9.08. The van der Waals surface area contributed by atoms with Crippen LogP contribution < -0.4 is 11.1 Å². The van der Waals surface area contributed by atoms with Crippen molar-refractivity contribution in [2.45, 2.75) is 39.7 Å². The number of guanidine groups is 1. The van der Waals surface area contributed by atoms with Gasteiger partial charge < -0.3 is 25.6 Å². The van der Waals surface area contributed by atoms with Gasteiger partial charge in [0.1, 0.15) is 6.10 Å². The first kappa shape index (κ1) is 19.5. The van der Waals surface area contributed by atoms with Crippen molar-refractivity contribution in [1.29, 1.82) is 0 Å². The normalized spacial score (nSPS) is 22.2. The summed E-state index contributed by atoms with van der Waals surface area (Å²) in [5.41, 5.74) is 4.74. The van der Waals surface area contributed by atoms with E-state index in [-0.39, 0.29) is 17.9 Å². The van der Waals surface area contributed by atoms with Gasteiger partial charge in [-0.05, 0) is 33.6 Å². The second-order valence-corrected chi connectivity index (χ2v) is 7.23. The molecule has 25 heavy (non-hydrogen) atoms. The van der Waals surface area contributed by atoms with Gasteiger partial charge in [0.2, 0.25) is 5.91 Å². The van der Waals surface area contributed by atoms with E-state index in [1.165, 1.54) is 0 Å². The molecule has 2 saturated heterocycles. The van der Waals surface area contributed by atoms with Crippen LogP contribution in [0.2, 0.25) is 0 Å². The quantitative estimate of drug-likeness (QED) is 0.526. The Hall–Kier alpha value is -1.83. The van der Waals surface area contributed by atoms with E-state index in [9.17, 15) is 9.59 Å². The number of piperazine rings is 1. The molecule has 8 nitrogen and oxygen atoms in total. The molecule has 0 spiro atoms. The van der Waals surface area contributed by atoms with E-state index < -0.39 is 5.41 Å². The zero-order valence-corrected chi connectivity index (χ0v) is 15.6. The number of rotatable bonds is 5. The third-order valence-electron chi connectivity index (χ3n) is 4.72. The van der Waals surface area contributed by atoms with Crippen molar-refractivity contribution in [3.05, 3.63) is 0 Å². The van der Waals surface area contributed by atoms with Gasteiger partial charge in [0.25, 0.3) is 5.91 Å². The summed E-state index contributed by atoms with van der Waals surface area (Å²) in [7, 11) is 0. The number of hydrogen-bond acceptors (Lipinski definition) is 4. The molecule has 0 saturated carbocycles. The number of nitrogens with two attached hydrogens (primary N) is 1. The Morgan fingerprint density at radius 3 is 2.40 bits per heavy atom. The molecular weight excluding hydrogens is 322 g/mol. The molecule has 2 aliphatic rings. The second kappa shape index (κ2) is 8.51. The minimum Gasteiger partial charge on any atom is -0.369 e. The van der Waals surface area contributed by atoms with E-state index in [0.717, 1.165) is 25.3 Å². The highest BCUT2D eigenvalue weighted by atomic mass is 16.5. The SMILES string of the molecule is CCNC(=NCC(C)(C)C(N)=O)N1CCN(C(=O)C2CCCO2)CC1. The van der Waals surface area contributed by atoms with E-state index in [4.69, 9.17) is 10.5 Å². The van der Waals surface area contributed by atoms with Crippen molar-refractivity contribution in [3.63, 3.8) is 0 Å². The molecule has 2 fully saturated rings. The lowest BCUT2D eigenvalue weighted by atomic mass is 9.93. The second-order valence-electron chi connectivity index (χ2n) is 7.23. The van der Waals surface area contributed by atoms with E-state index >= 15 is 0 Å². The number of amides is 2. The van der Waals surface area contributed by atoms with Gasteiger partial charge in [-0.1, -0.05) is 0 Å². The smallest absolute Gasteiger partial charge is 0.251 e. The van der Waals surface area contributed by atoms with Crippen molar-refractivity contribution in [2.75, 3.05) is 45.9 Å². The van der Waals surface area contributed by atoms with E-state index in [2.05, 4.69) is 15.2 Å². The lowest BCUT2D eigenvalue weighted by Crippen LogP contribution is -2.55. The fourth-order valence-corrected chi connectivity index (χ4v) is 2.89. The van der Waals surface area contributed by atoms with Gasteiger partial charge in [0.15, 0.2) is 5.96 Å². The highest BCUT2D eigenvalue weighted by Gasteiger charge is 2.31. The van der Waals surface area contributed by atoms with Crippen LogP contribution in [0.4, 0.5) is 0 Å². The van der Waals surface area contributed by atoms with Crippen LogP contribution in [0.25, 0.3) is 0 Å². The number of carbonyl (C=O) groups excluding carboxylic acids is 2. The van der Waals surface area contributed by atoms with Gasteiger partial charge in [0.05, 0.1) is 12.0 Å². The average Bonchev–Trinajstić information content (AvgIpc) is 3.12. The summed E-state index contributed by atoms with van der Waals surface area (Å²) in [5.74, 6) is 0.508. The largest absolute Gasteiger partial charge is 0.369 e. The average molecular weight is 353 g/mol. The maximum absolute atomic E-state index is 12.4.